The van der Waals surface area contributed by atoms with Crippen molar-refractivity contribution in [2.24, 2.45) is 11.7 Å². The van der Waals surface area contributed by atoms with Crippen molar-refractivity contribution in [2.75, 3.05) is 20.3 Å². The highest BCUT2D eigenvalue weighted by Crippen LogP contribution is 2.15. The van der Waals surface area contributed by atoms with Gasteiger partial charge in [-0.15, -0.1) is 0 Å². The molecule has 0 aromatic heterocycles. The molecule has 0 aromatic carbocycles. The number of nitrogens with zero attached hydrogens (tertiary/aromatic N) is 1. The zero-order valence-electron chi connectivity index (χ0n) is 9.23. The quantitative estimate of drug-likeness (QED) is 0.716. The molecule has 1 heterocycles. The Labute approximate surface area is 95.8 Å². The summed E-state index contributed by atoms with van der Waals surface area (Å²) in [5, 5.41) is 0. The van der Waals surface area contributed by atoms with E-state index in [1.54, 1.807) is 11.9 Å². The third-order valence-electron chi connectivity index (χ3n) is 2.85. The van der Waals surface area contributed by atoms with Crippen LogP contribution in [0.15, 0.2) is 0 Å². The van der Waals surface area contributed by atoms with Gasteiger partial charge in [-0.1, -0.05) is 19.1 Å². The van der Waals surface area contributed by atoms with Gasteiger partial charge < -0.3 is 15.4 Å². The molecule has 1 rings (SSSR count). The van der Waals surface area contributed by atoms with Gasteiger partial charge in [0.15, 0.2) is 0 Å². The van der Waals surface area contributed by atoms with Crippen LogP contribution in [-0.4, -0.2) is 42.1 Å². The Bertz CT molecular complexity index is 252. The zero-order chi connectivity index (χ0) is 11.4. The van der Waals surface area contributed by atoms with E-state index >= 15 is 0 Å². The monoisotopic (exact) mass is 230 g/mol. The number of likely N-dealkylation sites (N-methyl/N-ethyl adjacent to an activating group) is 1. The van der Waals surface area contributed by atoms with Gasteiger partial charge in [0.05, 0.1) is 23.6 Å². The van der Waals surface area contributed by atoms with Crippen molar-refractivity contribution < 1.29 is 9.53 Å². The third-order valence-corrected chi connectivity index (χ3v) is 3.14. The van der Waals surface area contributed by atoms with E-state index < -0.39 is 0 Å². The topological polar surface area (TPSA) is 55.6 Å². The molecule has 0 spiro atoms. The number of ether oxygens (including phenoxy) is 1. The standard InChI is InChI=1S/C10H18N2O2S/c1-3-8(9(11)15)10(13)12(2)7-4-5-14-6-7/h7-8H,3-6H2,1-2H3,(H2,11,15). The highest BCUT2D eigenvalue weighted by molar-refractivity contribution is 7.80. The fourth-order valence-corrected chi connectivity index (χ4v) is 2.02. The molecule has 5 heteroatoms. The van der Waals surface area contributed by atoms with Crippen LogP contribution in [0.25, 0.3) is 0 Å². The second-order valence-corrected chi connectivity index (χ2v) is 4.30. The predicted octanol–water partition coefficient (Wildman–Crippen LogP) is 0.546. The zero-order valence-corrected chi connectivity index (χ0v) is 10.0. The molecular weight excluding hydrogens is 212 g/mol. The van der Waals surface area contributed by atoms with Crippen molar-refractivity contribution >= 4 is 23.1 Å². The molecule has 0 aliphatic carbocycles. The minimum absolute atomic E-state index is 0.0144. The highest BCUT2D eigenvalue weighted by Gasteiger charge is 2.29. The lowest BCUT2D eigenvalue weighted by atomic mass is 10.0. The van der Waals surface area contributed by atoms with Crippen LogP contribution in [0.4, 0.5) is 0 Å². The first-order valence-corrected chi connectivity index (χ1v) is 5.62. The largest absolute Gasteiger partial charge is 0.393 e. The normalized spacial score (nSPS) is 22.4. The lowest BCUT2D eigenvalue weighted by Crippen LogP contribution is -2.44. The first-order valence-electron chi connectivity index (χ1n) is 5.21. The summed E-state index contributed by atoms with van der Waals surface area (Å²) in [7, 11) is 1.79. The molecule has 2 N–H and O–H groups in total. The van der Waals surface area contributed by atoms with Crippen LogP contribution in [0.5, 0.6) is 0 Å². The summed E-state index contributed by atoms with van der Waals surface area (Å²) in [5.74, 6) is -0.314. The van der Waals surface area contributed by atoms with Crippen LogP contribution in [0, 0.1) is 5.92 Å². The minimum atomic E-state index is -0.328. The van der Waals surface area contributed by atoms with Crippen LogP contribution in [0.1, 0.15) is 19.8 Å². The maximum Gasteiger partial charge on any atom is 0.232 e. The summed E-state index contributed by atoms with van der Waals surface area (Å²) >= 11 is 4.89. The molecule has 1 aliphatic heterocycles. The molecular formula is C10H18N2O2S. The van der Waals surface area contributed by atoms with Gasteiger partial charge in [0.1, 0.15) is 0 Å². The highest BCUT2D eigenvalue weighted by atomic mass is 32.1. The van der Waals surface area contributed by atoms with Gasteiger partial charge in [0, 0.05) is 13.7 Å². The molecule has 0 saturated carbocycles. The molecule has 4 nitrogen and oxygen atoms in total. The van der Waals surface area contributed by atoms with Crippen molar-refractivity contribution in [1.82, 2.24) is 4.90 Å². The van der Waals surface area contributed by atoms with Crippen LogP contribution < -0.4 is 5.73 Å². The Balaban J connectivity index is 2.60. The number of hydrogen-bond donors (Lipinski definition) is 1. The Hall–Kier alpha value is -0.680. The van der Waals surface area contributed by atoms with Crippen LogP contribution in [-0.2, 0) is 9.53 Å². The number of nitrogens with two attached hydrogens (primary N) is 1. The minimum Gasteiger partial charge on any atom is -0.393 e. The molecule has 1 amide bonds. The van der Waals surface area contributed by atoms with E-state index in [1.807, 2.05) is 6.92 Å². The van der Waals surface area contributed by atoms with Crippen LogP contribution in [0.3, 0.4) is 0 Å². The Morgan fingerprint density at radius 1 is 1.73 bits per heavy atom. The second-order valence-electron chi connectivity index (χ2n) is 3.83. The molecule has 86 valence electrons. The number of hydrogen-bond acceptors (Lipinski definition) is 3. The van der Waals surface area contributed by atoms with Gasteiger partial charge in [-0.3, -0.25) is 4.79 Å². The van der Waals surface area contributed by atoms with Crippen molar-refractivity contribution in [3.63, 3.8) is 0 Å². The lowest BCUT2D eigenvalue weighted by molar-refractivity contribution is -0.134. The van der Waals surface area contributed by atoms with Gasteiger partial charge in [-0.25, -0.2) is 0 Å². The van der Waals surface area contributed by atoms with Crippen molar-refractivity contribution in [1.29, 1.82) is 0 Å². The van der Waals surface area contributed by atoms with Gasteiger partial charge >= 0.3 is 0 Å². The Morgan fingerprint density at radius 2 is 2.40 bits per heavy atom. The van der Waals surface area contributed by atoms with Gasteiger partial charge in [-0.2, -0.15) is 0 Å². The summed E-state index contributed by atoms with van der Waals surface area (Å²) in [5.41, 5.74) is 5.54. The average Bonchev–Trinajstić information content (AvgIpc) is 2.69. The summed E-state index contributed by atoms with van der Waals surface area (Å²) in [6.45, 7) is 3.27. The molecule has 2 atom stereocenters. The fraction of sp³-hybridized carbons (Fsp3) is 0.800. The summed E-state index contributed by atoms with van der Waals surface area (Å²) in [4.78, 5) is 14.0. The molecule has 2 unspecified atom stereocenters. The van der Waals surface area contributed by atoms with Crippen molar-refractivity contribution in [3.8, 4) is 0 Å². The number of carbonyl (C=O) groups is 1. The van der Waals surface area contributed by atoms with E-state index in [-0.39, 0.29) is 22.9 Å². The fourth-order valence-electron chi connectivity index (χ4n) is 1.75. The predicted molar refractivity (Wildman–Crippen MR) is 62.6 cm³/mol. The SMILES string of the molecule is CCC(C(=O)N(C)C1CCOC1)C(N)=S. The molecule has 0 bridgehead atoms. The van der Waals surface area contributed by atoms with Gasteiger partial charge in [-0.05, 0) is 12.8 Å². The lowest BCUT2D eigenvalue weighted by Gasteiger charge is -2.26. The van der Waals surface area contributed by atoms with Crippen molar-refractivity contribution in [3.05, 3.63) is 0 Å². The molecule has 1 saturated heterocycles. The maximum atomic E-state index is 12.0. The Kier molecular flexibility index (Phi) is 4.47. The van der Waals surface area contributed by atoms with E-state index in [0.29, 0.717) is 13.0 Å². The third kappa shape index (κ3) is 2.89. The van der Waals surface area contributed by atoms with E-state index in [9.17, 15) is 4.79 Å². The molecule has 0 aromatic rings. The number of thiocarbonyl (C=S) groups is 1. The van der Waals surface area contributed by atoms with E-state index in [0.717, 1.165) is 13.0 Å². The first kappa shape index (κ1) is 12.4. The van der Waals surface area contributed by atoms with E-state index in [4.69, 9.17) is 22.7 Å². The summed E-state index contributed by atoms with van der Waals surface area (Å²) < 4.78 is 5.24. The summed E-state index contributed by atoms with van der Waals surface area (Å²) in [6, 6.07) is 0.181. The second kappa shape index (κ2) is 5.42. The van der Waals surface area contributed by atoms with E-state index in [1.165, 1.54) is 0 Å². The van der Waals surface area contributed by atoms with E-state index in [2.05, 4.69) is 0 Å². The Morgan fingerprint density at radius 3 is 2.80 bits per heavy atom. The number of amides is 1. The molecule has 15 heavy (non-hydrogen) atoms. The maximum absolute atomic E-state index is 12.0. The van der Waals surface area contributed by atoms with Crippen LogP contribution >= 0.6 is 12.2 Å². The van der Waals surface area contributed by atoms with Crippen LogP contribution in [0.2, 0.25) is 0 Å². The smallest absolute Gasteiger partial charge is 0.232 e. The first-order chi connectivity index (χ1) is 7.07. The molecule has 1 fully saturated rings. The number of carbonyl (C=O) groups excluding carboxylic acids is 1. The molecule has 1 aliphatic rings. The summed E-state index contributed by atoms with van der Waals surface area (Å²) in [6.07, 6.45) is 1.56. The van der Waals surface area contributed by atoms with Crippen molar-refractivity contribution in [2.45, 2.75) is 25.8 Å². The molecule has 0 radical (unpaired) electrons. The average molecular weight is 230 g/mol. The number of rotatable bonds is 4. The van der Waals surface area contributed by atoms with Gasteiger partial charge in [0.2, 0.25) is 5.91 Å². The van der Waals surface area contributed by atoms with Gasteiger partial charge in [0.25, 0.3) is 0 Å².